The van der Waals surface area contributed by atoms with Crippen LogP contribution in [0.2, 0.25) is 0 Å². The van der Waals surface area contributed by atoms with Gasteiger partial charge >= 0.3 is 0 Å². The number of aryl methyl sites for hydroxylation is 1. The standard InChI is InChI=1S/C28H42O10/c1-16(6-7-17-8-19(35-2)13-20(9-17)36-3)23(12-18-10-21(37-4)14-22(11-18)38-5)25(31)27(33)28(34)26(32)24(30)15-29/h8-11,13-14,16,23-34H,6-7,12,15H2,1-5H3/t16?,23?,24-,25?,26+,27+,28-/m0/s1. The minimum Gasteiger partial charge on any atom is -0.497 e. The number of aliphatic hydroxyl groups excluding tert-OH is 6. The van der Waals surface area contributed by atoms with E-state index >= 15 is 0 Å². The van der Waals surface area contributed by atoms with Gasteiger partial charge in [-0.1, -0.05) is 6.92 Å². The van der Waals surface area contributed by atoms with Crippen molar-refractivity contribution >= 4 is 0 Å². The van der Waals surface area contributed by atoms with Crippen LogP contribution in [0.5, 0.6) is 23.0 Å². The lowest BCUT2D eigenvalue weighted by Gasteiger charge is -2.35. The molecule has 2 aromatic carbocycles. The highest BCUT2D eigenvalue weighted by Crippen LogP contribution is 2.32. The maximum atomic E-state index is 11.2. The van der Waals surface area contributed by atoms with E-state index in [-0.39, 0.29) is 5.92 Å². The van der Waals surface area contributed by atoms with Crippen LogP contribution in [0.15, 0.2) is 36.4 Å². The molecule has 0 aliphatic rings. The van der Waals surface area contributed by atoms with Gasteiger partial charge in [0.1, 0.15) is 47.4 Å². The number of hydrogen-bond acceptors (Lipinski definition) is 10. The van der Waals surface area contributed by atoms with E-state index in [1.807, 2.05) is 19.1 Å². The monoisotopic (exact) mass is 538 g/mol. The molecule has 0 saturated heterocycles. The molecule has 0 bridgehead atoms. The number of rotatable bonds is 16. The number of hydrogen-bond donors (Lipinski definition) is 6. The average molecular weight is 539 g/mol. The van der Waals surface area contributed by atoms with Gasteiger partial charge in [-0.2, -0.15) is 0 Å². The first kappa shape index (κ1) is 31.6. The molecule has 3 unspecified atom stereocenters. The average Bonchev–Trinajstić information content (AvgIpc) is 2.95. The molecule has 0 aromatic heterocycles. The third-order valence-electron chi connectivity index (χ3n) is 6.98. The summed E-state index contributed by atoms with van der Waals surface area (Å²) in [4.78, 5) is 0. The number of benzene rings is 2. The minimum atomic E-state index is -1.88. The van der Waals surface area contributed by atoms with Crippen LogP contribution in [0.4, 0.5) is 0 Å². The molecule has 0 aliphatic carbocycles. The zero-order valence-corrected chi connectivity index (χ0v) is 22.7. The van der Waals surface area contributed by atoms with Crippen LogP contribution in [-0.2, 0) is 12.8 Å². The van der Waals surface area contributed by atoms with Crippen molar-refractivity contribution in [3.8, 4) is 23.0 Å². The molecular formula is C28H42O10. The Morgan fingerprint density at radius 2 is 1.03 bits per heavy atom. The van der Waals surface area contributed by atoms with Crippen molar-refractivity contribution in [3.63, 3.8) is 0 Å². The van der Waals surface area contributed by atoms with E-state index < -0.39 is 43.0 Å². The first-order chi connectivity index (χ1) is 18.1. The summed E-state index contributed by atoms with van der Waals surface area (Å²) in [5.41, 5.74) is 1.74. The molecule has 0 amide bonds. The number of aliphatic hydroxyl groups is 6. The van der Waals surface area contributed by atoms with Crippen molar-refractivity contribution in [2.75, 3.05) is 35.0 Å². The van der Waals surface area contributed by atoms with Gasteiger partial charge in [-0.25, -0.2) is 0 Å². The smallest absolute Gasteiger partial charge is 0.122 e. The number of methoxy groups -OCH3 is 4. The van der Waals surface area contributed by atoms with Gasteiger partial charge in [0.05, 0.1) is 41.2 Å². The van der Waals surface area contributed by atoms with Gasteiger partial charge in [-0.3, -0.25) is 0 Å². The normalized spacial score (nSPS) is 17.0. The Labute approximate surface area is 224 Å². The highest BCUT2D eigenvalue weighted by molar-refractivity contribution is 5.39. The lowest BCUT2D eigenvalue weighted by molar-refractivity contribution is -0.152. The molecule has 0 fully saturated rings. The maximum Gasteiger partial charge on any atom is 0.122 e. The first-order valence-electron chi connectivity index (χ1n) is 12.5. The van der Waals surface area contributed by atoms with Crippen molar-refractivity contribution in [2.24, 2.45) is 11.8 Å². The lowest BCUT2D eigenvalue weighted by Crippen LogP contribution is -2.52. The molecular weight excluding hydrogens is 496 g/mol. The highest BCUT2D eigenvalue weighted by Gasteiger charge is 2.39. The Morgan fingerprint density at radius 1 is 0.605 bits per heavy atom. The zero-order chi connectivity index (χ0) is 28.4. The first-order valence-corrected chi connectivity index (χ1v) is 12.5. The van der Waals surface area contributed by atoms with E-state index in [0.29, 0.717) is 42.3 Å². The van der Waals surface area contributed by atoms with Crippen LogP contribution < -0.4 is 18.9 Å². The fourth-order valence-corrected chi connectivity index (χ4v) is 4.53. The lowest BCUT2D eigenvalue weighted by atomic mass is 9.77. The van der Waals surface area contributed by atoms with E-state index in [0.717, 1.165) is 11.1 Å². The Morgan fingerprint density at radius 3 is 1.45 bits per heavy atom. The molecule has 7 atom stereocenters. The van der Waals surface area contributed by atoms with Gasteiger partial charge in [0.15, 0.2) is 0 Å². The Kier molecular flexibility index (Phi) is 12.6. The third-order valence-corrected chi connectivity index (χ3v) is 6.98. The van der Waals surface area contributed by atoms with Crippen LogP contribution in [-0.4, -0.2) is 96.2 Å². The maximum absolute atomic E-state index is 11.2. The summed E-state index contributed by atoms with van der Waals surface area (Å²) in [5.74, 6) is 1.67. The molecule has 0 radical (unpaired) electrons. The second-order valence-electron chi connectivity index (χ2n) is 9.54. The summed E-state index contributed by atoms with van der Waals surface area (Å²) in [6.45, 7) is 1.12. The second kappa shape index (κ2) is 15.1. The van der Waals surface area contributed by atoms with Crippen LogP contribution in [0.3, 0.4) is 0 Å². The predicted molar refractivity (Wildman–Crippen MR) is 141 cm³/mol. The number of ether oxygens (including phenoxy) is 4. The van der Waals surface area contributed by atoms with Crippen LogP contribution >= 0.6 is 0 Å². The zero-order valence-electron chi connectivity index (χ0n) is 22.7. The van der Waals surface area contributed by atoms with Gasteiger partial charge < -0.3 is 49.6 Å². The fraction of sp³-hybridized carbons (Fsp3) is 0.571. The Bertz CT molecular complexity index is 940. The van der Waals surface area contributed by atoms with E-state index in [2.05, 4.69) is 0 Å². The third kappa shape index (κ3) is 8.45. The summed E-state index contributed by atoms with van der Waals surface area (Å²) in [5, 5.41) is 61.4. The minimum absolute atomic E-state index is 0.179. The molecule has 6 N–H and O–H groups in total. The van der Waals surface area contributed by atoms with Gasteiger partial charge in [0.25, 0.3) is 0 Å². The van der Waals surface area contributed by atoms with Crippen molar-refractivity contribution < 1.29 is 49.6 Å². The van der Waals surface area contributed by atoms with Gasteiger partial charge in [-0.15, -0.1) is 0 Å². The molecule has 0 saturated carbocycles. The van der Waals surface area contributed by atoms with E-state index in [1.54, 1.807) is 38.5 Å². The van der Waals surface area contributed by atoms with Crippen molar-refractivity contribution in [3.05, 3.63) is 47.5 Å². The largest absolute Gasteiger partial charge is 0.497 e. The quantitative estimate of drug-likeness (QED) is 0.182. The molecule has 0 heterocycles. The van der Waals surface area contributed by atoms with E-state index in [9.17, 15) is 25.5 Å². The molecule has 214 valence electrons. The molecule has 38 heavy (non-hydrogen) atoms. The summed E-state index contributed by atoms with van der Waals surface area (Å²) < 4.78 is 21.4. The SMILES string of the molecule is COc1cc(CCC(C)C(Cc2cc(OC)cc(OC)c2)C(O)[C@@H](O)[C@@H](O)[C@H](O)[C@@H](O)CO)cc(OC)c1. The highest BCUT2D eigenvalue weighted by atomic mass is 16.5. The summed E-state index contributed by atoms with van der Waals surface area (Å²) >= 11 is 0. The molecule has 0 spiro atoms. The molecule has 10 heteroatoms. The van der Waals surface area contributed by atoms with E-state index in [4.69, 9.17) is 24.1 Å². The summed E-state index contributed by atoms with van der Waals surface area (Å²) in [6, 6.07) is 10.9. The van der Waals surface area contributed by atoms with Crippen molar-refractivity contribution in [1.82, 2.24) is 0 Å². The molecule has 2 rings (SSSR count). The van der Waals surface area contributed by atoms with Crippen molar-refractivity contribution in [2.45, 2.75) is 56.7 Å². The Balaban J connectivity index is 2.33. The summed E-state index contributed by atoms with van der Waals surface area (Å²) in [7, 11) is 6.21. The molecule has 10 nitrogen and oxygen atoms in total. The van der Waals surface area contributed by atoms with Gasteiger partial charge in [0, 0.05) is 12.1 Å². The van der Waals surface area contributed by atoms with Crippen LogP contribution in [0.25, 0.3) is 0 Å². The second-order valence-corrected chi connectivity index (χ2v) is 9.54. The van der Waals surface area contributed by atoms with Crippen LogP contribution in [0, 0.1) is 11.8 Å². The fourth-order valence-electron chi connectivity index (χ4n) is 4.53. The predicted octanol–water partition coefficient (Wildman–Crippen LogP) is 0.945. The van der Waals surface area contributed by atoms with Crippen LogP contribution in [0.1, 0.15) is 24.5 Å². The van der Waals surface area contributed by atoms with Crippen molar-refractivity contribution in [1.29, 1.82) is 0 Å². The summed E-state index contributed by atoms with van der Waals surface area (Å²) in [6.07, 6.45) is -7.16. The van der Waals surface area contributed by atoms with Gasteiger partial charge in [0.2, 0.25) is 0 Å². The Hall–Kier alpha value is -2.60. The molecule has 0 aliphatic heterocycles. The topological polar surface area (TPSA) is 158 Å². The van der Waals surface area contributed by atoms with E-state index in [1.165, 1.54) is 14.2 Å². The van der Waals surface area contributed by atoms with Gasteiger partial charge in [-0.05, 0) is 66.5 Å². The molecule has 2 aromatic rings.